The highest BCUT2D eigenvalue weighted by Gasteiger charge is 2.17. The van der Waals surface area contributed by atoms with Crippen LogP contribution in [0.5, 0.6) is 27.5 Å². The molecule has 0 saturated heterocycles. The number of carbonyl (C=O) groups is 1. The van der Waals surface area contributed by atoms with E-state index in [-0.39, 0.29) is 11.9 Å². The maximum Gasteiger partial charge on any atom is 0.282 e. The number of amides is 1. The molecule has 1 saturated carbocycles. The fraction of sp³-hybridized carbons (Fsp3) is 0.360. The molecule has 0 bridgehead atoms. The molecular weight excluding hydrogens is 424 g/mol. The number of carbonyl (C=O) groups excluding carboxylic acids is 1. The Labute approximate surface area is 192 Å². The zero-order valence-electron chi connectivity index (χ0n) is 18.6. The van der Waals surface area contributed by atoms with Crippen LogP contribution in [0.2, 0.25) is 0 Å². The summed E-state index contributed by atoms with van der Waals surface area (Å²) in [4.78, 5) is 15.5. The largest absolute Gasteiger partial charge is 0.490 e. The summed E-state index contributed by atoms with van der Waals surface area (Å²) < 4.78 is 17.9. The van der Waals surface area contributed by atoms with Gasteiger partial charge in [0.25, 0.3) is 5.19 Å². The van der Waals surface area contributed by atoms with Crippen LogP contribution >= 0.6 is 11.3 Å². The number of thiazole rings is 1. The minimum atomic E-state index is -0.0544. The molecule has 6 nitrogen and oxygen atoms in total. The van der Waals surface area contributed by atoms with E-state index in [1.165, 1.54) is 31.1 Å². The number of aromatic nitrogens is 1. The second kappa shape index (κ2) is 10.0. The molecule has 1 amide bonds. The second-order valence-corrected chi connectivity index (χ2v) is 9.05. The molecule has 1 aliphatic carbocycles. The van der Waals surface area contributed by atoms with Crippen molar-refractivity contribution in [3.8, 4) is 27.5 Å². The minimum absolute atomic E-state index is 0.0526. The number of aryl methyl sites for hydroxylation is 1. The fourth-order valence-electron chi connectivity index (χ4n) is 3.77. The van der Waals surface area contributed by atoms with E-state index in [0.29, 0.717) is 22.1 Å². The molecule has 2 aromatic carbocycles. The van der Waals surface area contributed by atoms with Gasteiger partial charge in [0.2, 0.25) is 11.0 Å². The van der Waals surface area contributed by atoms with E-state index in [4.69, 9.17) is 14.2 Å². The molecule has 0 aliphatic heterocycles. The number of ether oxygens (including phenoxy) is 3. The Hall–Kier alpha value is -3.06. The molecule has 1 atom stereocenters. The molecular formula is C25H28N2O4S. The highest BCUT2D eigenvalue weighted by atomic mass is 32.1. The van der Waals surface area contributed by atoms with Crippen LogP contribution in [-0.2, 0) is 4.79 Å². The van der Waals surface area contributed by atoms with Gasteiger partial charge in [-0.25, -0.2) is 4.98 Å². The zero-order valence-corrected chi connectivity index (χ0v) is 19.4. The van der Waals surface area contributed by atoms with E-state index in [1.807, 2.05) is 56.3 Å². The van der Waals surface area contributed by atoms with Crippen LogP contribution in [0.1, 0.15) is 56.7 Å². The van der Waals surface area contributed by atoms with E-state index >= 15 is 0 Å². The molecule has 1 unspecified atom stereocenters. The minimum Gasteiger partial charge on any atom is -0.490 e. The Kier molecular flexibility index (Phi) is 6.95. The van der Waals surface area contributed by atoms with Crippen molar-refractivity contribution in [3.63, 3.8) is 0 Å². The van der Waals surface area contributed by atoms with Gasteiger partial charge in [0.15, 0.2) is 0 Å². The van der Waals surface area contributed by atoms with Gasteiger partial charge in [0, 0.05) is 6.92 Å². The van der Waals surface area contributed by atoms with Crippen LogP contribution in [0, 0.1) is 6.92 Å². The number of nitrogens with zero attached hydrogens (tertiary/aromatic N) is 1. The maximum absolute atomic E-state index is 11.2. The van der Waals surface area contributed by atoms with Crippen LogP contribution in [-0.4, -0.2) is 17.0 Å². The third-order valence-corrected chi connectivity index (χ3v) is 6.18. The summed E-state index contributed by atoms with van der Waals surface area (Å²) in [6.07, 6.45) is 6.76. The summed E-state index contributed by atoms with van der Waals surface area (Å²) >= 11 is 1.34. The van der Waals surface area contributed by atoms with Gasteiger partial charge in [0.1, 0.15) is 17.2 Å². The summed E-state index contributed by atoms with van der Waals surface area (Å²) in [6.45, 7) is 5.46. The monoisotopic (exact) mass is 452 g/mol. The van der Waals surface area contributed by atoms with Crippen molar-refractivity contribution in [1.29, 1.82) is 0 Å². The number of rotatable bonds is 8. The predicted molar refractivity (Wildman–Crippen MR) is 125 cm³/mol. The topological polar surface area (TPSA) is 69.7 Å². The molecule has 32 heavy (non-hydrogen) atoms. The SMILES string of the molecule is CC(=O)NC(C)c1ccc(Oc2cnc(Oc3ccc(OC4CCCC4)cc3C)s2)cc1. The molecule has 4 rings (SSSR count). The van der Waals surface area contributed by atoms with Gasteiger partial charge < -0.3 is 19.5 Å². The number of hydrogen-bond acceptors (Lipinski definition) is 6. The Bertz CT molecular complexity index is 1060. The highest BCUT2D eigenvalue weighted by molar-refractivity contribution is 7.15. The van der Waals surface area contributed by atoms with Crippen LogP contribution in [0.25, 0.3) is 0 Å². The lowest BCUT2D eigenvalue weighted by Gasteiger charge is -2.14. The molecule has 1 fully saturated rings. The first-order valence-corrected chi connectivity index (χ1v) is 11.7. The molecule has 0 radical (unpaired) electrons. The Morgan fingerprint density at radius 3 is 2.50 bits per heavy atom. The Morgan fingerprint density at radius 2 is 1.81 bits per heavy atom. The van der Waals surface area contributed by atoms with Crippen molar-refractivity contribution in [2.45, 2.75) is 58.6 Å². The van der Waals surface area contributed by atoms with E-state index in [9.17, 15) is 4.79 Å². The first-order valence-electron chi connectivity index (χ1n) is 10.9. The van der Waals surface area contributed by atoms with Crippen molar-refractivity contribution >= 4 is 17.2 Å². The van der Waals surface area contributed by atoms with Crippen molar-refractivity contribution in [2.24, 2.45) is 0 Å². The summed E-state index contributed by atoms with van der Waals surface area (Å²) in [5.41, 5.74) is 2.01. The van der Waals surface area contributed by atoms with Crippen molar-refractivity contribution in [2.75, 3.05) is 0 Å². The molecule has 1 N–H and O–H groups in total. The standard InChI is InChI=1S/C25H28N2O4S/c1-16-14-22(29-20-6-4-5-7-20)12-13-23(16)31-25-26-15-24(32-25)30-21-10-8-19(9-11-21)17(2)27-18(3)28/h8-15,17,20H,4-7H2,1-3H3,(H,27,28). The van der Waals surface area contributed by atoms with Crippen LogP contribution < -0.4 is 19.5 Å². The van der Waals surface area contributed by atoms with Gasteiger partial charge in [-0.2, -0.15) is 0 Å². The third-order valence-electron chi connectivity index (χ3n) is 5.43. The second-order valence-electron chi connectivity index (χ2n) is 8.09. The van der Waals surface area contributed by atoms with E-state index in [2.05, 4.69) is 10.3 Å². The van der Waals surface area contributed by atoms with Gasteiger partial charge >= 0.3 is 0 Å². The number of hydrogen-bond donors (Lipinski definition) is 1. The van der Waals surface area contributed by atoms with E-state index in [0.717, 1.165) is 35.5 Å². The summed E-state index contributed by atoms with van der Waals surface area (Å²) in [6, 6.07) is 13.5. The zero-order chi connectivity index (χ0) is 22.5. The Morgan fingerprint density at radius 1 is 1.09 bits per heavy atom. The fourth-order valence-corrected chi connectivity index (χ4v) is 4.42. The molecule has 0 spiro atoms. The summed E-state index contributed by atoms with van der Waals surface area (Å²) in [7, 11) is 0. The molecule has 3 aromatic rings. The van der Waals surface area contributed by atoms with Crippen LogP contribution in [0.4, 0.5) is 0 Å². The lowest BCUT2D eigenvalue weighted by molar-refractivity contribution is -0.119. The first-order chi connectivity index (χ1) is 15.5. The Balaban J connectivity index is 1.35. The number of benzene rings is 2. The summed E-state index contributed by atoms with van der Waals surface area (Å²) in [5, 5.41) is 4.03. The molecule has 1 aromatic heterocycles. The van der Waals surface area contributed by atoms with Gasteiger partial charge in [-0.05, 0) is 92.3 Å². The molecule has 7 heteroatoms. The predicted octanol–water partition coefficient (Wildman–Crippen LogP) is 6.55. The lowest BCUT2D eigenvalue weighted by Crippen LogP contribution is -2.23. The quantitative estimate of drug-likeness (QED) is 0.419. The maximum atomic E-state index is 11.2. The first kappa shape index (κ1) is 22.1. The van der Waals surface area contributed by atoms with Crippen LogP contribution in [0.3, 0.4) is 0 Å². The highest BCUT2D eigenvalue weighted by Crippen LogP contribution is 2.36. The average Bonchev–Trinajstić information content (AvgIpc) is 3.42. The van der Waals surface area contributed by atoms with Gasteiger partial charge in [-0.1, -0.05) is 12.1 Å². The normalized spacial score (nSPS) is 14.7. The van der Waals surface area contributed by atoms with E-state index in [1.54, 1.807) is 6.20 Å². The molecule has 1 aliphatic rings. The van der Waals surface area contributed by atoms with Crippen molar-refractivity contribution in [3.05, 3.63) is 59.8 Å². The van der Waals surface area contributed by atoms with Crippen molar-refractivity contribution < 1.29 is 19.0 Å². The van der Waals surface area contributed by atoms with Crippen molar-refractivity contribution in [1.82, 2.24) is 10.3 Å². The molecule has 1 heterocycles. The van der Waals surface area contributed by atoms with Crippen LogP contribution in [0.15, 0.2) is 48.7 Å². The third kappa shape index (κ3) is 5.79. The van der Waals surface area contributed by atoms with Gasteiger partial charge in [0.05, 0.1) is 18.3 Å². The summed E-state index contributed by atoms with van der Waals surface area (Å²) in [5.74, 6) is 2.28. The smallest absolute Gasteiger partial charge is 0.282 e. The van der Waals surface area contributed by atoms with Gasteiger partial charge in [-0.15, -0.1) is 0 Å². The van der Waals surface area contributed by atoms with E-state index < -0.39 is 0 Å². The molecule has 168 valence electrons. The number of nitrogens with one attached hydrogen (secondary N) is 1. The average molecular weight is 453 g/mol. The lowest BCUT2D eigenvalue weighted by atomic mass is 10.1. The van der Waals surface area contributed by atoms with Gasteiger partial charge in [-0.3, -0.25) is 4.79 Å².